The van der Waals surface area contributed by atoms with Crippen molar-refractivity contribution >= 4 is 11.6 Å². The number of ether oxygens (including phenoxy) is 1. The first kappa shape index (κ1) is 29.9. The number of rotatable bonds is 10. The quantitative estimate of drug-likeness (QED) is 0.211. The molecule has 44 heavy (non-hydrogen) atoms. The van der Waals surface area contributed by atoms with E-state index in [0.29, 0.717) is 46.6 Å². The molecule has 0 atom stereocenters. The van der Waals surface area contributed by atoms with Gasteiger partial charge in [-0.05, 0) is 80.7 Å². The second-order valence-electron chi connectivity index (χ2n) is 12.4. The zero-order chi connectivity index (χ0) is 30.8. The van der Waals surface area contributed by atoms with Crippen LogP contribution in [0.3, 0.4) is 0 Å². The van der Waals surface area contributed by atoms with E-state index in [4.69, 9.17) is 4.74 Å². The highest BCUT2D eigenvalue weighted by atomic mass is 19.1. The van der Waals surface area contributed by atoms with Crippen molar-refractivity contribution < 1.29 is 13.9 Å². The van der Waals surface area contributed by atoms with Gasteiger partial charge >= 0.3 is 0 Å². The molecule has 2 aromatic heterocycles. The van der Waals surface area contributed by atoms with E-state index in [1.165, 1.54) is 12.4 Å². The van der Waals surface area contributed by atoms with Gasteiger partial charge in [-0.1, -0.05) is 50.1 Å². The molecule has 0 amide bonds. The molecule has 2 aliphatic carbocycles. The number of carbonyl (C=O) groups is 1. The molecule has 8 nitrogen and oxygen atoms in total. The number of halogens is 1. The number of hydrogen-bond donors (Lipinski definition) is 0. The summed E-state index contributed by atoms with van der Waals surface area (Å²) < 4.78 is 25.4. The molecule has 0 saturated heterocycles. The molecular formula is C35H38FN5O3. The maximum absolute atomic E-state index is 15.6. The lowest BCUT2D eigenvalue weighted by atomic mass is 9.67. The molecule has 2 fully saturated rings. The van der Waals surface area contributed by atoms with E-state index in [-0.39, 0.29) is 35.3 Å². The largest absolute Gasteiger partial charge is 0.377 e. The first-order valence-electron chi connectivity index (χ1n) is 15.7. The molecule has 0 aliphatic heterocycles. The molecule has 228 valence electrons. The average Bonchev–Trinajstić information content (AvgIpc) is 3.49. The summed E-state index contributed by atoms with van der Waals surface area (Å²) in [6.45, 7) is 4.19. The molecule has 2 heterocycles. The van der Waals surface area contributed by atoms with Crippen molar-refractivity contribution in [2.75, 3.05) is 6.61 Å². The number of nitriles is 1. The smallest absolute Gasteiger partial charge is 0.259 e. The van der Waals surface area contributed by atoms with Crippen LogP contribution in [-0.4, -0.2) is 37.7 Å². The number of nitrogens with zero attached hydrogens (tertiary/aromatic N) is 5. The van der Waals surface area contributed by atoms with Crippen molar-refractivity contribution in [3.63, 3.8) is 0 Å². The number of aromatic nitrogens is 4. The number of ketones is 1. The predicted molar refractivity (Wildman–Crippen MR) is 165 cm³/mol. The Hall–Kier alpha value is -4.16. The van der Waals surface area contributed by atoms with Gasteiger partial charge in [0.1, 0.15) is 17.9 Å². The number of aryl methyl sites for hydroxylation is 1. The van der Waals surface area contributed by atoms with Crippen LogP contribution in [0, 0.1) is 22.6 Å². The van der Waals surface area contributed by atoms with Gasteiger partial charge in [-0.3, -0.25) is 14.2 Å². The Bertz CT molecular complexity index is 1790. The molecule has 0 N–H and O–H groups in total. The Kier molecular flexibility index (Phi) is 8.46. The molecule has 0 radical (unpaired) electrons. The van der Waals surface area contributed by atoms with Gasteiger partial charge in [-0.15, -0.1) is 0 Å². The van der Waals surface area contributed by atoms with E-state index in [1.807, 2.05) is 19.1 Å². The van der Waals surface area contributed by atoms with E-state index < -0.39 is 5.82 Å². The van der Waals surface area contributed by atoms with E-state index >= 15 is 4.39 Å². The number of carbonyl (C=O) groups excluding carboxylic acids is 1. The van der Waals surface area contributed by atoms with Crippen LogP contribution in [0.15, 0.2) is 53.6 Å². The Labute approximate surface area is 256 Å². The zero-order valence-corrected chi connectivity index (χ0v) is 25.4. The Balaban J connectivity index is 1.28. The first-order chi connectivity index (χ1) is 21.3. The van der Waals surface area contributed by atoms with Crippen LogP contribution in [0.1, 0.15) is 93.6 Å². The summed E-state index contributed by atoms with van der Waals surface area (Å²) in [6, 6.07) is 14.2. The van der Waals surface area contributed by atoms with E-state index in [0.717, 1.165) is 57.1 Å². The van der Waals surface area contributed by atoms with Crippen LogP contribution in [0.4, 0.5) is 4.39 Å². The van der Waals surface area contributed by atoms with Crippen LogP contribution in [0.25, 0.3) is 16.9 Å². The highest BCUT2D eigenvalue weighted by molar-refractivity contribution is 5.83. The summed E-state index contributed by atoms with van der Waals surface area (Å²) in [4.78, 5) is 31.0. The molecule has 6 rings (SSSR count). The maximum atomic E-state index is 15.6. The normalized spacial score (nSPS) is 19.4. The van der Waals surface area contributed by atoms with Gasteiger partial charge in [0.25, 0.3) is 5.56 Å². The summed E-state index contributed by atoms with van der Waals surface area (Å²) in [6.07, 6.45) is 9.02. The van der Waals surface area contributed by atoms with E-state index in [1.54, 1.807) is 40.3 Å². The zero-order valence-electron chi connectivity index (χ0n) is 25.4. The fourth-order valence-corrected chi connectivity index (χ4v) is 6.91. The van der Waals surface area contributed by atoms with E-state index in [2.05, 4.69) is 16.2 Å². The van der Waals surface area contributed by atoms with Gasteiger partial charge in [0.05, 0.1) is 35.5 Å². The highest BCUT2D eigenvalue weighted by Crippen LogP contribution is 2.43. The van der Waals surface area contributed by atoms with Gasteiger partial charge in [-0.2, -0.15) is 15.3 Å². The third kappa shape index (κ3) is 5.48. The van der Waals surface area contributed by atoms with Gasteiger partial charge in [-0.25, -0.2) is 8.91 Å². The van der Waals surface area contributed by atoms with Gasteiger partial charge in [0.15, 0.2) is 0 Å². The fraction of sp³-hybridized carbons (Fsp3) is 0.457. The Morgan fingerprint density at radius 2 is 1.93 bits per heavy atom. The Morgan fingerprint density at radius 1 is 1.16 bits per heavy atom. The molecule has 9 heteroatoms. The summed E-state index contributed by atoms with van der Waals surface area (Å²) in [5.41, 5.74) is 3.00. The lowest BCUT2D eigenvalue weighted by Crippen LogP contribution is -2.42. The van der Waals surface area contributed by atoms with Crippen LogP contribution in [-0.2, 0) is 22.4 Å². The number of Topliss-reactive ketones (excluding diaryl/α,β-unsaturated/α-hetero) is 1. The first-order valence-corrected chi connectivity index (χ1v) is 15.7. The SMILES string of the molecule is CCCc1c(Cc2ccc(-c3ccccc3C#N)cc2F)c(=O)n(C2CCC(OCC3(C(C)=O)CCC3)CC2)c2ncnn12. The lowest BCUT2D eigenvalue weighted by Gasteiger charge is -2.41. The number of benzene rings is 2. The van der Waals surface area contributed by atoms with Gasteiger partial charge < -0.3 is 4.74 Å². The lowest BCUT2D eigenvalue weighted by molar-refractivity contribution is -0.140. The number of hydrogen-bond acceptors (Lipinski definition) is 6. The summed E-state index contributed by atoms with van der Waals surface area (Å²) in [5.74, 6) is 0.311. The minimum atomic E-state index is -0.421. The summed E-state index contributed by atoms with van der Waals surface area (Å²) in [7, 11) is 0. The van der Waals surface area contributed by atoms with Crippen molar-refractivity contribution in [2.45, 2.75) is 90.2 Å². The molecule has 2 aliphatic rings. The fourth-order valence-electron chi connectivity index (χ4n) is 6.91. The maximum Gasteiger partial charge on any atom is 0.259 e. The molecule has 2 saturated carbocycles. The second kappa shape index (κ2) is 12.4. The van der Waals surface area contributed by atoms with Crippen molar-refractivity contribution in [2.24, 2.45) is 5.41 Å². The summed E-state index contributed by atoms with van der Waals surface area (Å²) >= 11 is 0. The molecular weight excluding hydrogens is 557 g/mol. The van der Waals surface area contributed by atoms with Crippen molar-refractivity contribution in [1.82, 2.24) is 19.2 Å². The van der Waals surface area contributed by atoms with Gasteiger partial charge in [0, 0.05) is 18.0 Å². The predicted octanol–water partition coefficient (Wildman–Crippen LogP) is 6.37. The van der Waals surface area contributed by atoms with Crippen molar-refractivity contribution in [3.8, 4) is 17.2 Å². The minimum Gasteiger partial charge on any atom is -0.377 e. The van der Waals surface area contributed by atoms with Crippen LogP contribution >= 0.6 is 0 Å². The second-order valence-corrected chi connectivity index (χ2v) is 12.4. The molecule has 2 aromatic carbocycles. The van der Waals surface area contributed by atoms with Crippen LogP contribution in [0.5, 0.6) is 0 Å². The third-order valence-electron chi connectivity index (χ3n) is 9.75. The monoisotopic (exact) mass is 595 g/mol. The number of fused-ring (bicyclic) bond motifs is 1. The standard InChI is InChI=1S/C35H38FN5O3/c1-3-7-32-30(18-25-11-10-24(19-31(25)36)29-9-5-4-8-26(29)20-37)33(43)40(34-38-22-39-41(32)34)27-12-14-28(15-13-27)44-21-35(23(2)42)16-6-17-35/h4-5,8-11,19,22,27-28H,3,6-7,12-18,21H2,1-2H3. The van der Waals surface area contributed by atoms with Gasteiger partial charge in [0.2, 0.25) is 5.78 Å². The highest BCUT2D eigenvalue weighted by Gasteiger charge is 2.42. The molecule has 0 spiro atoms. The summed E-state index contributed by atoms with van der Waals surface area (Å²) in [5, 5.41) is 14.0. The molecule has 0 bridgehead atoms. The molecule has 0 unspecified atom stereocenters. The van der Waals surface area contributed by atoms with Crippen molar-refractivity contribution in [1.29, 1.82) is 5.26 Å². The van der Waals surface area contributed by atoms with Crippen LogP contribution in [0.2, 0.25) is 0 Å². The third-order valence-corrected chi connectivity index (χ3v) is 9.75. The Morgan fingerprint density at radius 3 is 2.59 bits per heavy atom. The average molecular weight is 596 g/mol. The van der Waals surface area contributed by atoms with Crippen molar-refractivity contribution in [3.05, 3.63) is 87.3 Å². The van der Waals surface area contributed by atoms with Crippen LogP contribution < -0.4 is 5.56 Å². The topological polar surface area (TPSA) is 102 Å². The van der Waals surface area contributed by atoms with E-state index in [9.17, 15) is 14.9 Å². The molecule has 4 aromatic rings. The minimum absolute atomic E-state index is 0.0604.